The maximum Gasteiger partial charge on any atom is 0.177 e. The number of carbonyl (C=O) groups is 1. The van der Waals surface area contributed by atoms with Gasteiger partial charge in [0.1, 0.15) is 5.71 Å². The Morgan fingerprint density at radius 3 is 2.50 bits per heavy atom. The van der Waals surface area contributed by atoms with Crippen molar-refractivity contribution in [3.8, 4) is 0 Å². The van der Waals surface area contributed by atoms with Crippen molar-refractivity contribution >= 4 is 11.5 Å². The number of rotatable bonds is 2. The van der Waals surface area contributed by atoms with Crippen molar-refractivity contribution in [3.05, 3.63) is 11.3 Å². The zero-order valence-electron chi connectivity index (χ0n) is 7.31. The topological polar surface area (TPSA) is 66.9 Å². The molecule has 0 fully saturated rings. The minimum atomic E-state index is -0.185. The third-order valence-corrected chi connectivity index (χ3v) is 2.16. The highest BCUT2D eigenvalue weighted by molar-refractivity contribution is 6.44. The number of carbonyl (C=O) groups excluding carboxylic acids is 1. The fourth-order valence-electron chi connectivity index (χ4n) is 1.43. The Morgan fingerprint density at radius 1 is 1.42 bits per heavy atom. The van der Waals surface area contributed by atoms with E-state index in [9.17, 15) is 4.79 Å². The smallest absolute Gasteiger partial charge is 0.177 e. The predicted octanol–water partition coefficient (Wildman–Crippen LogP) is 1.38. The van der Waals surface area contributed by atoms with Gasteiger partial charge in [0.25, 0.3) is 0 Å². The Hall–Kier alpha value is -1.12. The van der Waals surface area contributed by atoms with Gasteiger partial charge < -0.3 is 5.73 Å². The molecule has 0 bridgehead atoms. The Labute approximate surface area is 72.2 Å². The van der Waals surface area contributed by atoms with E-state index in [-0.39, 0.29) is 11.5 Å². The van der Waals surface area contributed by atoms with Gasteiger partial charge >= 0.3 is 0 Å². The van der Waals surface area contributed by atoms with Crippen LogP contribution in [0.2, 0.25) is 0 Å². The lowest BCUT2D eigenvalue weighted by atomic mass is 9.92. The third-order valence-electron chi connectivity index (χ3n) is 2.16. The molecule has 1 aliphatic rings. The number of Topliss-reactive ketones (excluding diaryl/α,β-unsaturated/α-hetero) is 1. The molecule has 3 N–H and O–H groups in total. The Kier molecular flexibility index (Phi) is 2.63. The van der Waals surface area contributed by atoms with Gasteiger partial charge in [-0.1, -0.05) is 0 Å². The van der Waals surface area contributed by atoms with Gasteiger partial charge in [-0.25, -0.2) is 0 Å². The van der Waals surface area contributed by atoms with E-state index in [1.165, 1.54) is 6.92 Å². The molecule has 0 atom stereocenters. The Morgan fingerprint density at radius 2 is 2.00 bits per heavy atom. The molecule has 0 aromatic rings. The van der Waals surface area contributed by atoms with E-state index < -0.39 is 0 Å². The van der Waals surface area contributed by atoms with Gasteiger partial charge in [0.15, 0.2) is 5.78 Å². The first-order valence-corrected chi connectivity index (χ1v) is 4.20. The van der Waals surface area contributed by atoms with Crippen LogP contribution in [-0.4, -0.2) is 11.5 Å². The van der Waals surface area contributed by atoms with Crippen molar-refractivity contribution in [2.24, 2.45) is 5.73 Å². The molecule has 12 heavy (non-hydrogen) atoms. The van der Waals surface area contributed by atoms with Crippen molar-refractivity contribution in [1.82, 2.24) is 0 Å². The van der Waals surface area contributed by atoms with E-state index in [0.717, 1.165) is 37.0 Å². The van der Waals surface area contributed by atoms with Crippen LogP contribution >= 0.6 is 0 Å². The molecule has 0 saturated heterocycles. The molecule has 0 aliphatic heterocycles. The molecule has 1 aliphatic carbocycles. The van der Waals surface area contributed by atoms with Gasteiger partial charge in [-0.3, -0.25) is 10.2 Å². The largest absolute Gasteiger partial charge is 0.402 e. The van der Waals surface area contributed by atoms with Gasteiger partial charge in [0.2, 0.25) is 0 Å². The van der Waals surface area contributed by atoms with Crippen molar-refractivity contribution in [2.45, 2.75) is 32.6 Å². The SMILES string of the molecule is CC(=O)C(=N)C1=C(N)CCCC1. The molecular weight excluding hydrogens is 152 g/mol. The second kappa shape index (κ2) is 3.52. The maximum absolute atomic E-state index is 10.9. The lowest BCUT2D eigenvalue weighted by Gasteiger charge is -2.16. The normalized spacial score (nSPS) is 17.8. The zero-order chi connectivity index (χ0) is 9.14. The van der Waals surface area contributed by atoms with E-state index in [4.69, 9.17) is 11.1 Å². The molecule has 0 heterocycles. The van der Waals surface area contributed by atoms with Gasteiger partial charge in [-0.15, -0.1) is 0 Å². The summed E-state index contributed by atoms with van der Waals surface area (Å²) in [6, 6.07) is 0. The molecule has 3 heteroatoms. The van der Waals surface area contributed by atoms with Crippen molar-refractivity contribution in [3.63, 3.8) is 0 Å². The van der Waals surface area contributed by atoms with Gasteiger partial charge in [-0.05, 0) is 31.3 Å². The molecule has 0 radical (unpaired) electrons. The van der Waals surface area contributed by atoms with Crippen LogP contribution in [0.5, 0.6) is 0 Å². The van der Waals surface area contributed by atoms with Gasteiger partial charge in [0.05, 0.1) is 0 Å². The summed E-state index contributed by atoms with van der Waals surface area (Å²) in [6.07, 6.45) is 3.77. The fraction of sp³-hybridized carbons (Fsp3) is 0.556. The van der Waals surface area contributed by atoms with Crippen LogP contribution in [0.3, 0.4) is 0 Å². The van der Waals surface area contributed by atoms with E-state index in [1.807, 2.05) is 0 Å². The summed E-state index contributed by atoms with van der Waals surface area (Å²) < 4.78 is 0. The molecule has 3 nitrogen and oxygen atoms in total. The first kappa shape index (κ1) is 8.97. The lowest BCUT2D eigenvalue weighted by molar-refractivity contribution is -0.111. The molecule has 0 amide bonds. The summed E-state index contributed by atoms with van der Waals surface area (Å²) in [4.78, 5) is 10.9. The highest BCUT2D eigenvalue weighted by atomic mass is 16.1. The average molecular weight is 166 g/mol. The van der Waals surface area contributed by atoms with E-state index >= 15 is 0 Å². The molecule has 66 valence electrons. The minimum absolute atomic E-state index is 0.104. The standard InChI is InChI=1S/C9H14N2O/c1-6(12)9(11)7-4-2-3-5-8(7)10/h11H,2-5,10H2,1H3. The Bertz CT molecular complexity index is 250. The third kappa shape index (κ3) is 1.72. The maximum atomic E-state index is 10.9. The number of nitrogens with one attached hydrogen (secondary N) is 1. The highest BCUT2D eigenvalue weighted by Gasteiger charge is 2.16. The van der Waals surface area contributed by atoms with Crippen LogP contribution in [-0.2, 0) is 4.79 Å². The second-order valence-electron chi connectivity index (χ2n) is 3.14. The van der Waals surface area contributed by atoms with Crippen LogP contribution in [0.4, 0.5) is 0 Å². The summed E-state index contributed by atoms with van der Waals surface area (Å²) in [5, 5.41) is 7.48. The number of hydrogen-bond donors (Lipinski definition) is 2. The number of ketones is 1. The van der Waals surface area contributed by atoms with Crippen LogP contribution < -0.4 is 5.73 Å². The van der Waals surface area contributed by atoms with Gasteiger partial charge in [0, 0.05) is 12.6 Å². The molecule has 0 saturated carbocycles. The number of hydrogen-bond acceptors (Lipinski definition) is 3. The molecule has 0 spiro atoms. The molecular formula is C9H14N2O. The molecule has 1 rings (SSSR count). The predicted molar refractivity (Wildman–Crippen MR) is 48.1 cm³/mol. The van der Waals surface area contributed by atoms with Crippen LogP contribution in [0, 0.1) is 5.41 Å². The number of allylic oxidation sites excluding steroid dienone is 2. The van der Waals surface area contributed by atoms with E-state index in [0.29, 0.717) is 0 Å². The molecule has 0 aromatic carbocycles. The van der Waals surface area contributed by atoms with Gasteiger partial charge in [-0.2, -0.15) is 0 Å². The molecule has 0 unspecified atom stereocenters. The fourth-order valence-corrected chi connectivity index (χ4v) is 1.43. The van der Waals surface area contributed by atoms with Crippen molar-refractivity contribution in [1.29, 1.82) is 5.41 Å². The summed E-state index contributed by atoms with van der Waals surface area (Å²) >= 11 is 0. The van der Waals surface area contributed by atoms with Crippen molar-refractivity contribution in [2.75, 3.05) is 0 Å². The molecule has 0 aromatic heterocycles. The zero-order valence-corrected chi connectivity index (χ0v) is 7.31. The van der Waals surface area contributed by atoms with Crippen LogP contribution in [0.25, 0.3) is 0 Å². The van der Waals surface area contributed by atoms with E-state index in [2.05, 4.69) is 0 Å². The van der Waals surface area contributed by atoms with Crippen LogP contribution in [0.15, 0.2) is 11.3 Å². The second-order valence-corrected chi connectivity index (χ2v) is 3.14. The van der Waals surface area contributed by atoms with E-state index in [1.54, 1.807) is 0 Å². The van der Waals surface area contributed by atoms with Crippen molar-refractivity contribution < 1.29 is 4.79 Å². The first-order valence-electron chi connectivity index (χ1n) is 4.20. The summed E-state index contributed by atoms with van der Waals surface area (Å²) in [5.41, 5.74) is 7.32. The average Bonchev–Trinajstić information content (AvgIpc) is 2.04. The lowest BCUT2D eigenvalue weighted by Crippen LogP contribution is -2.19. The summed E-state index contributed by atoms with van der Waals surface area (Å²) in [5.74, 6) is -0.185. The summed E-state index contributed by atoms with van der Waals surface area (Å²) in [7, 11) is 0. The first-order chi connectivity index (χ1) is 5.63. The monoisotopic (exact) mass is 166 g/mol. The summed E-state index contributed by atoms with van der Waals surface area (Å²) in [6.45, 7) is 1.41. The number of nitrogens with two attached hydrogens (primary N) is 1. The quantitative estimate of drug-likeness (QED) is 0.608. The minimum Gasteiger partial charge on any atom is -0.402 e. The highest BCUT2D eigenvalue weighted by Crippen LogP contribution is 2.22. The van der Waals surface area contributed by atoms with Crippen LogP contribution in [0.1, 0.15) is 32.6 Å². The Balaban J connectivity index is 2.85.